The van der Waals surface area contributed by atoms with E-state index in [-0.39, 0.29) is 12.3 Å². The number of carboxylic acids is 1. The molecule has 2 N–H and O–H groups in total. The zero-order valence-corrected chi connectivity index (χ0v) is 11.6. The van der Waals surface area contributed by atoms with Crippen molar-refractivity contribution >= 4 is 17.6 Å². The molecule has 104 valence electrons. The van der Waals surface area contributed by atoms with Crippen LogP contribution in [0, 0.1) is 11.8 Å². The maximum atomic E-state index is 11.7. The monoisotopic (exact) mass is 263 g/mol. The Bertz CT molecular complexity index is 437. The van der Waals surface area contributed by atoms with E-state index in [0.717, 1.165) is 6.42 Å². The number of benzene rings is 1. The van der Waals surface area contributed by atoms with Gasteiger partial charge >= 0.3 is 5.97 Å². The van der Waals surface area contributed by atoms with E-state index in [2.05, 4.69) is 19.2 Å². The van der Waals surface area contributed by atoms with Crippen LogP contribution in [-0.4, -0.2) is 17.0 Å². The van der Waals surface area contributed by atoms with Gasteiger partial charge in [-0.15, -0.1) is 0 Å². The molecule has 0 saturated heterocycles. The average Bonchev–Trinajstić information content (AvgIpc) is 2.30. The predicted molar refractivity (Wildman–Crippen MR) is 75.0 cm³/mol. The van der Waals surface area contributed by atoms with Crippen LogP contribution in [-0.2, 0) is 16.0 Å². The standard InChI is InChI=1S/C15H21NO3/c1-10(2)8-12-4-6-13(7-5-12)16-15(19)11(3)9-14(17)18/h4-7,10-11H,8-9H2,1-3H3,(H,16,19)(H,17,18). The third-order valence-corrected chi connectivity index (χ3v) is 2.79. The van der Waals surface area contributed by atoms with Crippen LogP contribution < -0.4 is 5.32 Å². The average molecular weight is 263 g/mol. The SMILES string of the molecule is CC(C)Cc1ccc(NC(=O)C(C)CC(=O)O)cc1. The first-order valence-corrected chi connectivity index (χ1v) is 6.50. The Labute approximate surface area is 113 Å². The summed E-state index contributed by atoms with van der Waals surface area (Å²) in [5.41, 5.74) is 1.93. The van der Waals surface area contributed by atoms with Crippen LogP contribution in [0.2, 0.25) is 0 Å². The van der Waals surface area contributed by atoms with E-state index < -0.39 is 11.9 Å². The second-order valence-corrected chi connectivity index (χ2v) is 5.28. The van der Waals surface area contributed by atoms with Crippen molar-refractivity contribution in [3.63, 3.8) is 0 Å². The molecule has 1 unspecified atom stereocenters. The molecule has 19 heavy (non-hydrogen) atoms. The van der Waals surface area contributed by atoms with E-state index in [1.807, 2.05) is 24.3 Å². The molecule has 0 spiro atoms. The molecule has 1 aromatic rings. The number of carbonyl (C=O) groups excluding carboxylic acids is 1. The Morgan fingerprint density at radius 1 is 1.16 bits per heavy atom. The summed E-state index contributed by atoms with van der Waals surface area (Å²) >= 11 is 0. The highest BCUT2D eigenvalue weighted by atomic mass is 16.4. The van der Waals surface area contributed by atoms with Gasteiger partial charge in [-0.1, -0.05) is 32.9 Å². The zero-order valence-electron chi connectivity index (χ0n) is 11.6. The van der Waals surface area contributed by atoms with E-state index in [0.29, 0.717) is 11.6 Å². The predicted octanol–water partition coefficient (Wildman–Crippen LogP) is 2.93. The largest absolute Gasteiger partial charge is 0.481 e. The fraction of sp³-hybridized carbons (Fsp3) is 0.467. The minimum absolute atomic E-state index is 0.155. The number of hydrogen-bond donors (Lipinski definition) is 2. The molecular formula is C15H21NO3. The minimum Gasteiger partial charge on any atom is -0.481 e. The van der Waals surface area contributed by atoms with Crippen LogP contribution in [0.15, 0.2) is 24.3 Å². The highest BCUT2D eigenvalue weighted by Gasteiger charge is 2.16. The number of carbonyl (C=O) groups is 2. The van der Waals surface area contributed by atoms with E-state index >= 15 is 0 Å². The van der Waals surface area contributed by atoms with Gasteiger partial charge in [0.15, 0.2) is 0 Å². The van der Waals surface area contributed by atoms with Crippen LogP contribution in [0.1, 0.15) is 32.8 Å². The van der Waals surface area contributed by atoms with Gasteiger partial charge < -0.3 is 10.4 Å². The van der Waals surface area contributed by atoms with Gasteiger partial charge in [0.05, 0.1) is 6.42 Å². The molecule has 1 atom stereocenters. The molecule has 1 aromatic carbocycles. The van der Waals surface area contributed by atoms with Crippen LogP contribution in [0.3, 0.4) is 0 Å². The van der Waals surface area contributed by atoms with Crippen LogP contribution in [0.5, 0.6) is 0 Å². The number of carboxylic acid groups (broad SMARTS) is 1. The summed E-state index contributed by atoms with van der Waals surface area (Å²) < 4.78 is 0. The highest BCUT2D eigenvalue weighted by Crippen LogP contribution is 2.14. The summed E-state index contributed by atoms with van der Waals surface area (Å²) in [6.07, 6.45) is 0.848. The summed E-state index contributed by atoms with van der Waals surface area (Å²) in [6.45, 7) is 5.92. The van der Waals surface area contributed by atoms with Crippen molar-refractivity contribution in [2.45, 2.75) is 33.6 Å². The second kappa shape index (κ2) is 6.92. The first-order chi connectivity index (χ1) is 8.88. The van der Waals surface area contributed by atoms with Gasteiger partial charge in [0.2, 0.25) is 5.91 Å². The van der Waals surface area contributed by atoms with Gasteiger partial charge in [0.25, 0.3) is 0 Å². The lowest BCUT2D eigenvalue weighted by Crippen LogP contribution is -2.22. The number of hydrogen-bond acceptors (Lipinski definition) is 2. The molecule has 4 heteroatoms. The topological polar surface area (TPSA) is 66.4 Å². The van der Waals surface area contributed by atoms with Crippen molar-refractivity contribution in [1.82, 2.24) is 0 Å². The molecule has 0 fully saturated rings. The zero-order chi connectivity index (χ0) is 14.4. The molecule has 0 aliphatic carbocycles. The minimum atomic E-state index is -0.963. The van der Waals surface area contributed by atoms with Gasteiger partial charge in [-0.3, -0.25) is 9.59 Å². The molecule has 0 aliphatic rings. The summed E-state index contributed by atoms with van der Waals surface area (Å²) in [4.78, 5) is 22.3. The molecule has 1 rings (SSSR count). The molecule has 0 saturated carbocycles. The van der Waals surface area contributed by atoms with E-state index in [1.54, 1.807) is 6.92 Å². The fourth-order valence-electron chi connectivity index (χ4n) is 1.82. The second-order valence-electron chi connectivity index (χ2n) is 5.28. The first-order valence-electron chi connectivity index (χ1n) is 6.50. The van der Waals surface area contributed by atoms with E-state index in [1.165, 1.54) is 5.56 Å². The molecule has 0 aliphatic heterocycles. The van der Waals surface area contributed by atoms with Gasteiger partial charge in [0, 0.05) is 11.6 Å². The van der Waals surface area contributed by atoms with Crippen LogP contribution >= 0.6 is 0 Å². The van der Waals surface area contributed by atoms with Gasteiger partial charge in [0.1, 0.15) is 0 Å². The van der Waals surface area contributed by atoms with Crippen molar-refractivity contribution in [1.29, 1.82) is 0 Å². The maximum Gasteiger partial charge on any atom is 0.304 e. The van der Waals surface area contributed by atoms with Crippen LogP contribution in [0.4, 0.5) is 5.69 Å². The lowest BCUT2D eigenvalue weighted by atomic mass is 10.0. The Hall–Kier alpha value is -1.84. The molecule has 0 bridgehead atoms. The third-order valence-electron chi connectivity index (χ3n) is 2.79. The van der Waals surface area contributed by atoms with Crippen molar-refractivity contribution in [2.75, 3.05) is 5.32 Å². The highest BCUT2D eigenvalue weighted by molar-refractivity contribution is 5.94. The van der Waals surface area contributed by atoms with Crippen molar-refractivity contribution < 1.29 is 14.7 Å². The Kier molecular flexibility index (Phi) is 5.55. The molecule has 0 aromatic heterocycles. The summed E-state index contributed by atoms with van der Waals surface area (Å²) in [5, 5.41) is 11.4. The molecule has 4 nitrogen and oxygen atoms in total. The summed E-state index contributed by atoms with van der Waals surface area (Å²) in [5.74, 6) is -1.17. The summed E-state index contributed by atoms with van der Waals surface area (Å²) in [7, 11) is 0. The van der Waals surface area contributed by atoms with Crippen molar-refractivity contribution in [3.8, 4) is 0 Å². The Morgan fingerprint density at radius 3 is 2.21 bits per heavy atom. The third kappa shape index (κ3) is 5.55. The molecule has 0 heterocycles. The Balaban J connectivity index is 2.57. The first kappa shape index (κ1) is 15.2. The van der Waals surface area contributed by atoms with Crippen molar-refractivity contribution in [2.24, 2.45) is 11.8 Å². The lowest BCUT2D eigenvalue weighted by Gasteiger charge is -2.11. The molecule has 0 radical (unpaired) electrons. The smallest absolute Gasteiger partial charge is 0.304 e. The van der Waals surface area contributed by atoms with Gasteiger partial charge in [-0.05, 0) is 30.0 Å². The quantitative estimate of drug-likeness (QED) is 0.829. The van der Waals surface area contributed by atoms with E-state index in [4.69, 9.17) is 5.11 Å². The molecular weight excluding hydrogens is 242 g/mol. The fourth-order valence-corrected chi connectivity index (χ4v) is 1.82. The Morgan fingerprint density at radius 2 is 1.74 bits per heavy atom. The van der Waals surface area contributed by atoms with Gasteiger partial charge in [-0.2, -0.15) is 0 Å². The number of nitrogens with one attached hydrogen (secondary N) is 1. The number of amides is 1. The molecule has 1 amide bonds. The lowest BCUT2D eigenvalue weighted by molar-refractivity contribution is -0.139. The van der Waals surface area contributed by atoms with E-state index in [9.17, 15) is 9.59 Å². The number of anilines is 1. The van der Waals surface area contributed by atoms with Gasteiger partial charge in [-0.25, -0.2) is 0 Å². The number of rotatable bonds is 6. The van der Waals surface area contributed by atoms with Crippen molar-refractivity contribution in [3.05, 3.63) is 29.8 Å². The normalized spacial score (nSPS) is 12.2. The summed E-state index contributed by atoms with van der Waals surface area (Å²) in [6, 6.07) is 7.67. The maximum absolute atomic E-state index is 11.7. The number of aliphatic carboxylic acids is 1. The van der Waals surface area contributed by atoms with Crippen LogP contribution in [0.25, 0.3) is 0 Å².